The van der Waals surface area contributed by atoms with Gasteiger partial charge in [0.15, 0.2) is 5.75 Å². The average Bonchev–Trinajstić information content (AvgIpc) is 3.29. The zero-order valence-electron chi connectivity index (χ0n) is 32.9. The van der Waals surface area contributed by atoms with E-state index in [-0.39, 0.29) is 44.4 Å². The van der Waals surface area contributed by atoms with E-state index in [1.807, 2.05) is 152 Å². The van der Waals surface area contributed by atoms with Crippen molar-refractivity contribution in [3.8, 4) is 17.2 Å². The second-order valence-electron chi connectivity index (χ2n) is 14.4. The van der Waals surface area contributed by atoms with Gasteiger partial charge in [-0.1, -0.05) is 152 Å². The fourth-order valence-electron chi connectivity index (χ4n) is 7.07. The van der Waals surface area contributed by atoms with Crippen molar-refractivity contribution in [1.29, 1.82) is 0 Å². The van der Waals surface area contributed by atoms with E-state index in [4.69, 9.17) is 37.6 Å². The highest BCUT2D eigenvalue weighted by Gasteiger charge is 2.50. The summed E-state index contributed by atoms with van der Waals surface area (Å²) in [6.07, 6.45) is -3.92. The number of hydrogen-bond donors (Lipinski definition) is 1. The molecule has 0 radical (unpaired) electrons. The summed E-state index contributed by atoms with van der Waals surface area (Å²) in [5, 5.41) is 11.1. The number of rotatable bonds is 18. The molecule has 0 aliphatic carbocycles. The Hall–Kier alpha value is -6.27. The maximum Gasteiger partial charge on any atom is 0.382 e. The predicted octanol–water partition coefficient (Wildman–Crippen LogP) is 9.15. The molecule has 1 fully saturated rings. The van der Waals surface area contributed by atoms with Gasteiger partial charge in [-0.15, -0.1) is 0 Å². The molecule has 1 saturated heterocycles. The molecule has 60 heavy (non-hydrogen) atoms. The van der Waals surface area contributed by atoms with Crippen LogP contribution < -0.4 is 15.1 Å². The molecular weight excluding hydrogens is 761 g/mol. The number of hydrogen-bond acceptors (Lipinski definition) is 10. The van der Waals surface area contributed by atoms with Crippen LogP contribution in [0.3, 0.4) is 0 Å². The van der Waals surface area contributed by atoms with Crippen molar-refractivity contribution >= 4 is 11.0 Å². The molecule has 1 aromatic heterocycles. The first kappa shape index (κ1) is 40.5. The lowest BCUT2D eigenvalue weighted by molar-refractivity contribution is -0.310. The second kappa shape index (κ2) is 20.1. The minimum Gasteiger partial charge on any atom is -0.499 e. The smallest absolute Gasteiger partial charge is 0.382 e. The maximum atomic E-state index is 12.9. The summed E-state index contributed by atoms with van der Waals surface area (Å²) in [5.41, 5.74) is 4.00. The molecule has 7 aromatic rings. The number of fused-ring (bicyclic) bond motifs is 1. The van der Waals surface area contributed by atoms with E-state index in [9.17, 15) is 9.90 Å². The van der Waals surface area contributed by atoms with Crippen molar-refractivity contribution in [2.75, 3.05) is 6.61 Å². The Morgan fingerprint density at radius 1 is 0.517 bits per heavy atom. The van der Waals surface area contributed by atoms with Gasteiger partial charge in [-0.2, -0.15) is 0 Å². The topological polar surface area (TPSA) is 115 Å². The summed E-state index contributed by atoms with van der Waals surface area (Å²) in [5.74, 6) is -0.286. The number of benzene rings is 6. The summed E-state index contributed by atoms with van der Waals surface area (Å²) in [4.78, 5) is 12.9. The van der Waals surface area contributed by atoms with Crippen LogP contribution in [0.1, 0.15) is 27.8 Å². The van der Waals surface area contributed by atoms with E-state index in [0.29, 0.717) is 17.7 Å². The van der Waals surface area contributed by atoms with Gasteiger partial charge in [0, 0.05) is 6.07 Å². The molecule has 8 rings (SSSR count). The quantitative estimate of drug-likeness (QED) is 0.0843. The van der Waals surface area contributed by atoms with Gasteiger partial charge in [-0.3, -0.25) is 0 Å². The van der Waals surface area contributed by atoms with Crippen molar-refractivity contribution in [2.45, 2.75) is 63.7 Å². The predicted molar refractivity (Wildman–Crippen MR) is 225 cm³/mol. The van der Waals surface area contributed by atoms with Crippen LogP contribution in [0.25, 0.3) is 11.0 Å². The van der Waals surface area contributed by atoms with E-state index in [2.05, 4.69) is 0 Å². The fourth-order valence-corrected chi connectivity index (χ4v) is 7.07. The first-order valence-electron chi connectivity index (χ1n) is 19.9. The van der Waals surface area contributed by atoms with E-state index in [1.165, 1.54) is 0 Å². The first-order chi connectivity index (χ1) is 29.6. The van der Waals surface area contributed by atoms with Gasteiger partial charge in [0.25, 0.3) is 0 Å². The van der Waals surface area contributed by atoms with Gasteiger partial charge < -0.3 is 42.7 Å². The van der Waals surface area contributed by atoms with E-state index < -0.39 is 42.1 Å². The highest BCUT2D eigenvalue weighted by molar-refractivity contribution is 5.86. The van der Waals surface area contributed by atoms with Crippen LogP contribution in [-0.4, -0.2) is 42.4 Å². The van der Waals surface area contributed by atoms with Crippen molar-refractivity contribution in [1.82, 2.24) is 0 Å². The van der Waals surface area contributed by atoms with Gasteiger partial charge in [0.1, 0.15) is 42.4 Å². The summed E-state index contributed by atoms with van der Waals surface area (Å²) in [7, 11) is 0. The minimum absolute atomic E-state index is 0.0121. The van der Waals surface area contributed by atoms with Crippen molar-refractivity contribution < 1.29 is 42.7 Å². The lowest BCUT2D eigenvalue weighted by atomic mass is 9.97. The van der Waals surface area contributed by atoms with Gasteiger partial charge in [-0.05, 0) is 39.9 Å². The van der Waals surface area contributed by atoms with E-state index >= 15 is 0 Å². The molecule has 2 heterocycles. The lowest BCUT2D eigenvalue weighted by Crippen LogP contribution is -2.62. The molecule has 1 aliphatic heterocycles. The van der Waals surface area contributed by atoms with Crippen LogP contribution in [0.4, 0.5) is 0 Å². The summed E-state index contributed by atoms with van der Waals surface area (Å²) in [6, 6.07) is 54.0. The Balaban J connectivity index is 1.13. The molecular formula is C50H46O10. The second-order valence-corrected chi connectivity index (χ2v) is 14.4. The zero-order chi connectivity index (χ0) is 40.9. The molecule has 0 bridgehead atoms. The standard InChI is InChI=1S/C50H46O10/c51-44-45(54-30-36-18-8-2-9-19-36)41-27-26-40(28-42(41)59-49(44)52)58-50-48(57-33-39-24-14-5-15-25-39)47(56-32-38-22-12-4-13-23-38)46(55-31-37-20-10-3-11-21-37)43(60-50)34-53-29-35-16-6-1-7-17-35/h1-28,43,46-48,50-51H,29-34H2/t43-,46-,47+,48+,50+/m1/s1. The normalized spacial score (nSPS) is 18.9. The van der Waals surface area contributed by atoms with Gasteiger partial charge in [0.2, 0.25) is 12.0 Å². The third-order valence-corrected chi connectivity index (χ3v) is 10.1. The van der Waals surface area contributed by atoms with Crippen LogP contribution in [0.2, 0.25) is 0 Å². The van der Waals surface area contributed by atoms with Gasteiger partial charge in [0.05, 0.1) is 38.4 Å². The monoisotopic (exact) mass is 806 g/mol. The highest BCUT2D eigenvalue weighted by atomic mass is 16.7. The molecule has 0 amide bonds. The molecule has 5 atom stereocenters. The summed E-state index contributed by atoms with van der Waals surface area (Å²) < 4.78 is 51.8. The Kier molecular flexibility index (Phi) is 13.6. The van der Waals surface area contributed by atoms with Crippen LogP contribution in [0.5, 0.6) is 17.2 Å². The van der Waals surface area contributed by atoms with Crippen molar-refractivity contribution in [3.63, 3.8) is 0 Å². The number of aromatic hydroxyl groups is 1. The van der Waals surface area contributed by atoms with Crippen LogP contribution in [-0.2, 0) is 56.7 Å². The van der Waals surface area contributed by atoms with Crippen LogP contribution in [0, 0.1) is 0 Å². The maximum absolute atomic E-state index is 12.9. The molecule has 6 aromatic carbocycles. The van der Waals surface area contributed by atoms with Crippen LogP contribution >= 0.6 is 0 Å². The Morgan fingerprint density at radius 2 is 0.983 bits per heavy atom. The molecule has 306 valence electrons. The van der Waals surface area contributed by atoms with E-state index in [1.54, 1.807) is 18.2 Å². The Morgan fingerprint density at radius 3 is 1.52 bits per heavy atom. The minimum atomic E-state index is -1.05. The first-order valence-corrected chi connectivity index (χ1v) is 19.9. The lowest BCUT2D eigenvalue weighted by Gasteiger charge is -2.45. The van der Waals surface area contributed by atoms with Crippen molar-refractivity contribution in [3.05, 3.63) is 208 Å². The third-order valence-electron chi connectivity index (χ3n) is 10.1. The van der Waals surface area contributed by atoms with Crippen LogP contribution in [0.15, 0.2) is 179 Å². The molecule has 1 N–H and O–H groups in total. The highest BCUT2D eigenvalue weighted by Crippen LogP contribution is 2.37. The molecule has 1 aliphatic rings. The summed E-state index contributed by atoms with van der Waals surface area (Å²) in [6.45, 7) is 1.42. The Bertz CT molecular complexity index is 2430. The van der Waals surface area contributed by atoms with Gasteiger partial charge in [-0.25, -0.2) is 4.79 Å². The zero-order valence-corrected chi connectivity index (χ0v) is 32.9. The summed E-state index contributed by atoms with van der Waals surface area (Å²) >= 11 is 0. The molecule has 0 spiro atoms. The Labute approximate surface area is 348 Å². The largest absolute Gasteiger partial charge is 0.499 e. The third kappa shape index (κ3) is 10.5. The molecule has 10 heteroatoms. The fraction of sp³-hybridized carbons (Fsp3) is 0.220. The van der Waals surface area contributed by atoms with E-state index in [0.717, 1.165) is 27.8 Å². The molecule has 0 saturated carbocycles. The molecule has 0 unspecified atom stereocenters. The number of ether oxygens (including phenoxy) is 7. The SMILES string of the molecule is O=c1oc2cc(O[C@H]3O[C@H](COCc4ccccc4)[C@@H](OCc4ccccc4)[C@H](OCc4ccccc4)[C@@H]3OCc3ccccc3)ccc2c(OCc2ccccc2)c1O. The average molecular weight is 807 g/mol. The van der Waals surface area contributed by atoms with Gasteiger partial charge >= 0.3 is 5.63 Å². The molecule has 10 nitrogen and oxygen atoms in total. The van der Waals surface area contributed by atoms with Crippen molar-refractivity contribution in [2.24, 2.45) is 0 Å².